The van der Waals surface area contributed by atoms with Crippen LogP contribution in [0.5, 0.6) is 0 Å². The van der Waals surface area contributed by atoms with Crippen molar-refractivity contribution >= 4 is 5.97 Å². The van der Waals surface area contributed by atoms with Crippen LogP contribution in [0.3, 0.4) is 0 Å². The van der Waals surface area contributed by atoms with Crippen LogP contribution in [-0.4, -0.2) is 22.8 Å². The standard InChI is InChI=1S/C12H18O3/c1-8(10-6-4-3-5-7-10)12(9(2)13)11(14)15-12/h9,13H,3-7H2,1-2H3. The Kier molecular flexibility index (Phi) is 2.59. The number of carbonyl (C=O) groups is 1. The van der Waals surface area contributed by atoms with Crippen LogP contribution in [0.2, 0.25) is 0 Å². The number of hydrogen-bond donors (Lipinski definition) is 1. The molecule has 2 unspecified atom stereocenters. The van der Waals surface area contributed by atoms with Gasteiger partial charge in [-0.05, 0) is 45.1 Å². The Bertz CT molecular complexity index is 309. The molecule has 1 saturated carbocycles. The van der Waals surface area contributed by atoms with Gasteiger partial charge in [0.1, 0.15) is 6.10 Å². The van der Waals surface area contributed by atoms with Crippen LogP contribution in [0.4, 0.5) is 0 Å². The number of rotatable bonds is 2. The fraction of sp³-hybridized carbons (Fsp3) is 0.750. The highest BCUT2D eigenvalue weighted by atomic mass is 16.7. The number of cyclic esters (lactones) is 1. The van der Waals surface area contributed by atoms with Crippen molar-refractivity contribution in [1.82, 2.24) is 0 Å². The average Bonchev–Trinajstić information content (AvgIpc) is 2.92. The van der Waals surface area contributed by atoms with E-state index in [1.54, 1.807) is 6.92 Å². The van der Waals surface area contributed by atoms with Crippen molar-refractivity contribution in [3.8, 4) is 0 Å². The number of ether oxygens (including phenoxy) is 1. The van der Waals surface area contributed by atoms with E-state index in [-0.39, 0.29) is 5.97 Å². The van der Waals surface area contributed by atoms with Gasteiger partial charge in [-0.3, -0.25) is 0 Å². The molecular weight excluding hydrogens is 192 g/mol. The molecule has 1 aliphatic carbocycles. The van der Waals surface area contributed by atoms with Crippen LogP contribution in [0.15, 0.2) is 11.1 Å². The third-order valence-electron chi connectivity index (χ3n) is 3.65. The van der Waals surface area contributed by atoms with Crippen molar-refractivity contribution in [3.05, 3.63) is 11.1 Å². The lowest BCUT2D eigenvalue weighted by Gasteiger charge is -2.20. The molecule has 1 aliphatic heterocycles. The van der Waals surface area contributed by atoms with Gasteiger partial charge >= 0.3 is 5.97 Å². The van der Waals surface area contributed by atoms with E-state index in [4.69, 9.17) is 4.74 Å². The average molecular weight is 210 g/mol. The number of hydrogen-bond acceptors (Lipinski definition) is 3. The zero-order valence-electron chi connectivity index (χ0n) is 9.38. The SMILES string of the molecule is CC(=C1CCCCC1)C1(C(C)O)OC1=O. The Morgan fingerprint density at radius 3 is 2.33 bits per heavy atom. The van der Waals surface area contributed by atoms with Crippen molar-refractivity contribution in [2.24, 2.45) is 0 Å². The van der Waals surface area contributed by atoms with E-state index in [0.717, 1.165) is 18.4 Å². The fourth-order valence-corrected chi connectivity index (χ4v) is 2.54. The molecule has 84 valence electrons. The minimum absolute atomic E-state index is 0.270. The lowest BCUT2D eigenvalue weighted by molar-refractivity contribution is -0.117. The summed E-state index contributed by atoms with van der Waals surface area (Å²) in [5, 5.41) is 9.63. The van der Waals surface area contributed by atoms with Gasteiger partial charge in [-0.2, -0.15) is 0 Å². The second kappa shape index (κ2) is 3.63. The molecule has 0 aromatic heterocycles. The van der Waals surface area contributed by atoms with E-state index in [9.17, 15) is 9.90 Å². The summed E-state index contributed by atoms with van der Waals surface area (Å²) in [6, 6.07) is 0. The summed E-state index contributed by atoms with van der Waals surface area (Å²) in [6.07, 6.45) is 5.02. The van der Waals surface area contributed by atoms with Crippen LogP contribution < -0.4 is 0 Å². The highest BCUT2D eigenvalue weighted by Crippen LogP contribution is 2.43. The number of allylic oxidation sites excluding steroid dienone is 1. The summed E-state index contributed by atoms with van der Waals surface area (Å²) >= 11 is 0. The molecule has 15 heavy (non-hydrogen) atoms. The molecule has 0 radical (unpaired) electrons. The van der Waals surface area contributed by atoms with E-state index < -0.39 is 11.7 Å². The predicted octanol–water partition coefficient (Wildman–Crippen LogP) is 1.94. The largest absolute Gasteiger partial charge is 0.436 e. The Labute approximate surface area is 90.1 Å². The van der Waals surface area contributed by atoms with Crippen LogP contribution in [0.25, 0.3) is 0 Å². The maximum absolute atomic E-state index is 11.3. The molecule has 0 bridgehead atoms. The molecule has 1 N–H and O–H groups in total. The van der Waals surface area contributed by atoms with Crippen molar-refractivity contribution in [3.63, 3.8) is 0 Å². The van der Waals surface area contributed by atoms with Gasteiger partial charge in [0.15, 0.2) is 0 Å². The van der Waals surface area contributed by atoms with Crippen LogP contribution >= 0.6 is 0 Å². The maximum atomic E-state index is 11.3. The molecular formula is C12H18O3. The lowest BCUT2D eigenvalue weighted by atomic mass is 9.84. The van der Waals surface area contributed by atoms with Gasteiger partial charge in [0.25, 0.3) is 5.60 Å². The fourth-order valence-electron chi connectivity index (χ4n) is 2.54. The monoisotopic (exact) mass is 210 g/mol. The van der Waals surface area contributed by atoms with E-state index in [1.807, 2.05) is 6.92 Å². The quantitative estimate of drug-likeness (QED) is 0.559. The van der Waals surface area contributed by atoms with Crippen molar-refractivity contribution < 1.29 is 14.6 Å². The second-order valence-corrected chi connectivity index (χ2v) is 4.59. The van der Waals surface area contributed by atoms with E-state index in [1.165, 1.54) is 24.8 Å². The summed E-state index contributed by atoms with van der Waals surface area (Å²) < 4.78 is 5.03. The highest BCUT2D eigenvalue weighted by Gasteiger charge is 2.63. The van der Waals surface area contributed by atoms with Crippen LogP contribution in [0, 0.1) is 0 Å². The number of aliphatic hydroxyl groups is 1. The van der Waals surface area contributed by atoms with Crippen LogP contribution in [-0.2, 0) is 9.53 Å². The molecule has 1 saturated heterocycles. The molecule has 0 spiro atoms. The van der Waals surface area contributed by atoms with Gasteiger partial charge in [0.2, 0.25) is 0 Å². The predicted molar refractivity (Wildman–Crippen MR) is 56.3 cm³/mol. The van der Waals surface area contributed by atoms with Crippen LogP contribution in [0.1, 0.15) is 46.0 Å². The first kappa shape index (κ1) is 10.7. The van der Waals surface area contributed by atoms with Gasteiger partial charge in [-0.15, -0.1) is 0 Å². The molecule has 0 amide bonds. The third kappa shape index (κ3) is 1.59. The van der Waals surface area contributed by atoms with E-state index in [0.29, 0.717) is 0 Å². The number of carbonyl (C=O) groups excluding carboxylic acids is 1. The van der Waals surface area contributed by atoms with Gasteiger partial charge in [-0.25, -0.2) is 4.79 Å². The molecule has 2 aliphatic rings. The van der Waals surface area contributed by atoms with Gasteiger partial charge < -0.3 is 9.84 Å². The molecule has 1 heterocycles. The maximum Gasteiger partial charge on any atom is 0.359 e. The number of epoxide rings is 1. The highest BCUT2D eigenvalue weighted by molar-refractivity contribution is 5.97. The first-order valence-corrected chi connectivity index (χ1v) is 5.69. The molecule has 3 nitrogen and oxygen atoms in total. The molecule has 2 rings (SSSR count). The summed E-state index contributed by atoms with van der Waals surface area (Å²) in [6.45, 7) is 3.55. The first-order valence-electron chi connectivity index (χ1n) is 5.69. The zero-order chi connectivity index (χ0) is 11.1. The van der Waals surface area contributed by atoms with E-state index >= 15 is 0 Å². The molecule has 3 heteroatoms. The normalized spacial score (nSPS) is 32.2. The Hall–Kier alpha value is -0.830. The minimum atomic E-state index is -0.979. The van der Waals surface area contributed by atoms with Gasteiger partial charge in [0.05, 0.1) is 0 Å². The second-order valence-electron chi connectivity index (χ2n) is 4.59. The molecule has 0 aromatic rings. The Morgan fingerprint density at radius 1 is 1.40 bits per heavy atom. The first-order chi connectivity index (χ1) is 7.09. The van der Waals surface area contributed by atoms with Gasteiger partial charge in [-0.1, -0.05) is 12.0 Å². The van der Waals surface area contributed by atoms with Crippen molar-refractivity contribution in [2.45, 2.75) is 57.7 Å². The van der Waals surface area contributed by atoms with Gasteiger partial charge in [0, 0.05) is 0 Å². The zero-order valence-corrected chi connectivity index (χ0v) is 9.38. The topological polar surface area (TPSA) is 49.8 Å². The summed E-state index contributed by atoms with van der Waals surface area (Å²) in [7, 11) is 0. The Balaban J connectivity index is 2.25. The minimum Gasteiger partial charge on any atom is -0.436 e. The number of aliphatic hydroxyl groups excluding tert-OH is 1. The smallest absolute Gasteiger partial charge is 0.359 e. The lowest BCUT2D eigenvalue weighted by Crippen LogP contribution is -2.30. The summed E-state index contributed by atoms with van der Waals surface area (Å²) in [5.41, 5.74) is 1.29. The van der Waals surface area contributed by atoms with E-state index in [2.05, 4.69) is 0 Å². The molecule has 2 fully saturated rings. The third-order valence-corrected chi connectivity index (χ3v) is 3.65. The summed E-state index contributed by atoms with van der Waals surface area (Å²) in [5.74, 6) is -0.270. The summed E-state index contributed by atoms with van der Waals surface area (Å²) in [4.78, 5) is 11.3. The molecule has 0 aromatic carbocycles. The van der Waals surface area contributed by atoms with Crippen molar-refractivity contribution in [1.29, 1.82) is 0 Å². The Morgan fingerprint density at radius 2 is 1.93 bits per heavy atom. The molecule has 2 atom stereocenters. The van der Waals surface area contributed by atoms with Crippen molar-refractivity contribution in [2.75, 3.05) is 0 Å².